The van der Waals surface area contributed by atoms with Crippen LogP contribution in [-0.2, 0) is 0 Å². The van der Waals surface area contributed by atoms with Gasteiger partial charge in [-0.1, -0.05) is 6.58 Å². The highest BCUT2D eigenvalue weighted by Gasteiger charge is 2.07. The maximum atomic E-state index is 8.88. The summed E-state index contributed by atoms with van der Waals surface area (Å²) in [5.41, 5.74) is 5.49. The SMILES string of the molecule is C=C(N)N(C)CCN(C)C(C)CO. The summed E-state index contributed by atoms with van der Waals surface area (Å²) >= 11 is 0. The topological polar surface area (TPSA) is 52.7 Å². The van der Waals surface area contributed by atoms with Crippen LogP contribution in [0.3, 0.4) is 0 Å². The smallest absolute Gasteiger partial charge is 0.0910 e. The van der Waals surface area contributed by atoms with Gasteiger partial charge < -0.3 is 15.7 Å². The molecular formula is C9H21N3O. The second kappa shape index (κ2) is 5.83. The normalized spacial score (nSPS) is 13.0. The molecule has 3 N–H and O–H groups in total. The zero-order valence-corrected chi connectivity index (χ0v) is 8.82. The molecule has 0 aliphatic rings. The first-order chi connectivity index (χ1) is 5.99. The van der Waals surface area contributed by atoms with Gasteiger partial charge in [-0.15, -0.1) is 0 Å². The van der Waals surface area contributed by atoms with Crippen LogP contribution < -0.4 is 5.73 Å². The van der Waals surface area contributed by atoms with Crippen LogP contribution in [0.25, 0.3) is 0 Å². The molecule has 0 saturated carbocycles. The van der Waals surface area contributed by atoms with E-state index in [1.54, 1.807) is 0 Å². The second-order valence-electron chi connectivity index (χ2n) is 3.43. The Morgan fingerprint density at radius 2 is 2.00 bits per heavy atom. The van der Waals surface area contributed by atoms with Crippen molar-refractivity contribution in [3.05, 3.63) is 12.4 Å². The van der Waals surface area contributed by atoms with Crippen molar-refractivity contribution in [2.75, 3.05) is 33.8 Å². The highest BCUT2D eigenvalue weighted by Crippen LogP contribution is 1.95. The van der Waals surface area contributed by atoms with Crippen LogP contribution in [0.1, 0.15) is 6.92 Å². The second-order valence-corrected chi connectivity index (χ2v) is 3.43. The number of rotatable bonds is 6. The Labute approximate surface area is 80.6 Å². The number of aliphatic hydroxyl groups is 1. The van der Waals surface area contributed by atoms with E-state index in [0.717, 1.165) is 13.1 Å². The summed E-state index contributed by atoms with van der Waals surface area (Å²) in [5, 5.41) is 8.88. The Bertz CT molecular complexity index is 161. The van der Waals surface area contributed by atoms with Gasteiger partial charge in [0.05, 0.1) is 12.4 Å². The van der Waals surface area contributed by atoms with E-state index in [1.165, 1.54) is 0 Å². The van der Waals surface area contributed by atoms with Gasteiger partial charge in [-0.05, 0) is 14.0 Å². The molecule has 0 rings (SSSR count). The maximum Gasteiger partial charge on any atom is 0.0910 e. The largest absolute Gasteiger partial charge is 0.395 e. The van der Waals surface area contributed by atoms with Gasteiger partial charge in [-0.25, -0.2) is 0 Å². The van der Waals surface area contributed by atoms with Gasteiger partial charge in [-0.2, -0.15) is 0 Å². The van der Waals surface area contributed by atoms with Gasteiger partial charge in [0, 0.05) is 26.2 Å². The molecule has 0 spiro atoms. The Morgan fingerprint density at radius 3 is 2.38 bits per heavy atom. The van der Waals surface area contributed by atoms with Gasteiger partial charge >= 0.3 is 0 Å². The predicted octanol–water partition coefficient (Wildman–Crippen LogP) is -0.339. The molecule has 78 valence electrons. The lowest BCUT2D eigenvalue weighted by molar-refractivity contribution is 0.151. The van der Waals surface area contributed by atoms with E-state index in [1.807, 2.05) is 25.9 Å². The highest BCUT2D eigenvalue weighted by atomic mass is 16.3. The van der Waals surface area contributed by atoms with Gasteiger partial charge in [0.2, 0.25) is 0 Å². The monoisotopic (exact) mass is 187 g/mol. The maximum absolute atomic E-state index is 8.88. The van der Waals surface area contributed by atoms with Gasteiger partial charge in [0.1, 0.15) is 0 Å². The molecule has 13 heavy (non-hydrogen) atoms. The van der Waals surface area contributed by atoms with Crippen molar-refractivity contribution >= 4 is 0 Å². The molecule has 1 atom stereocenters. The van der Waals surface area contributed by atoms with Crippen molar-refractivity contribution in [2.24, 2.45) is 5.73 Å². The Kier molecular flexibility index (Phi) is 5.50. The lowest BCUT2D eigenvalue weighted by Gasteiger charge is -2.26. The summed E-state index contributed by atoms with van der Waals surface area (Å²) in [6, 6.07) is 0.194. The molecule has 1 unspecified atom stereocenters. The predicted molar refractivity (Wildman–Crippen MR) is 55.1 cm³/mol. The first-order valence-corrected chi connectivity index (χ1v) is 4.45. The molecule has 0 aliphatic heterocycles. The molecule has 0 bridgehead atoms. The van der Waals surface area contributed by atoms with Crippen LogP contribution in [0.5, 0.6) is 0 Å². The molecule has 4 nitrogen and oxygen atoms in total. The Morgan fingerprint density at radius 1 is 1.46 bits per heavy atom. The fraction of sp³-hybridized carbons (Fsp3) is 0.778. The molecule has 0 aromatic carbocycles. The summed E-state index contributed by atoms with van der Waals surface area (Å²) in [6.45, 7) is 7.50. The first kappa shape index (κ1) is 12.3. The lowest BCUT2D eigenvalue weighted by Crippen LogP contribution is -2.38. The third kappa shape index (κ3) is 4.75. The molecule has 0 radical (unpaired) electrons. The minimum atomic E-state index is 0.184. The number of likely N-dealkylation sites (N-methyl/N-ethyl adjacent to an activating group) is 2. The number of hydrogen-bond acceptors (Lipinski definition) is 4. The van der Waals surface area contributed by atoms with Crippen LogP contribution in [0, 0.1) is 0 Å². The van der Waals surface area contributed by atoms with Gasteiger partial charge in [-0.3, -0.25) is 4.90 Å². The third-order valence-corrected chi connectivity index (χ3v) is 2.30. The zero-order chi connectivity index (χ0) is 10.4. The van der Waals surface area contributed by atoms with Crippen LogP contribution in [0.2, 0.25) is 0 Å². The number of hydrogen-bond donors (Lipinski definition) is 2. The van der Waals surface area contributed by atoms with E-state index in [0.29, 0.717) is 5.82 Å². The summed E-state index contributed by atoms with van der Waals surface area (Å²) in [4.78, 5) is 3.97. The van der Waals surface area contributed by atoms with E-state index in [2.05, 4.69) is 11.5 Å². The minimum Gasteiger partial charge on any atom is -0.395 e. The van der Waals surface area contributed by atoms with Crippen LogP contribution >= 0.6 is 0 Å². The average molecular weight is 187 g/mol. The number of nitrogens with two attached hydrogens (primary N) is 1. The lowest BCUT2D eigenvalue weighted by atomic mass is 10.3. The fourth-order valence-electron chi connectivity index (χ4n) is 0.811. The fourth-order valence-corrected chi connectivity index (χ4v) is 0.811. The summed E-state index contributed by atoms with van der Waals surface area (Å²) in [5.74, 6) is 0.574. The van der Waals surface area contributed by atoms with Crippen molar-refractivity contribution in [2.45, 2.75) is 13.0 Å². The summed E-state index contributed by atoms with van der Waals surface area (Å²) in [6.07, 6.45) is 0. The molecule has 4 heteroatoms. The van der Waals surface area contributed by atoms with E-state index in [-0.39, 0.29) is 12.6 Å². The molecule has 0 aliphatic carbocycles. The van der Waals surface area contributed by atoms with Gasteiger partial charge in [0.15, 0.2) is 0 Å². The van der Waals surface area contributed by atoms with Gasteiger partial charge in [0.25, 0.3) is 0 Å². The molecule has 0 amide bonds. The van der Waals surface area contributed by atoms with E-state index in [9.17, 15) is 0 Å². The molecule has 0 aromatic heterocycles. The zero-order valence-electron chi connectivity index (χ0n) is 8.82. The van der Waals surface area contributed by atoms with E-state index < -0.39 is 0 Å². The molecule has 0 aromatic rings. The highest BCUT2D eigenvalue weighted by molar-refractivity contribution is 4.84. The number of nitrogens with zero attached hydrogens (tertiary/aromatic N) is 2. The Hall–Kier alpha value is -0.740. The molecule has 0 heterocycles. The van der Waals surface area contributed by atoms with Crippen LogP contribution in [0.15, 0.2) is 12.4 Å². The Balaban J connectivity index is 3.69. The molecule has 0 saturated heterocycles. The quantitative estimate of drug-likeness (QED) is 0.597. The molecular weight excluding hydrogens is 166 g/mol. The third-order valence-electron chi connectivity index (χ3n) is 2.30. The average Bonchev–Trinajstić information content (AvgIpc) is 2.11. The van der Waals surface area contributed by atoms with Crippen molar-refractivity contribution in [3.8, 4) is 0 Å². The summed E-state index contributed by atoms with van der Waals surface area (Å²) in [7, 11) is 3.88. The van der Waals surface area contributed by atoms with Crippen molar-refractivity contribution in [3.63, 3.8) is 0 Å². The van der Waals surface area contributed by atoms with Crippen molar-refractivity contribution < 1.29 is 5.11 Å². The summed E-state index contributed by atoms with van der Waals surface area (Å²) < 4.78 is 0. The minimum absolute atomic E-state index is 0.184. The number of aliphatic hydroxyl groups excluding tert-OH is 1. The van der Waals surface area contributed by atoms with Crippen molar-refractivity contribution in [1.29, 1.82) is 0 Å². The van der Waals surface area contributed by atoms with E-state index >= 15 is 0 Å². The van der Waals surface area contributed by atoms with Crippen molar-refractivity contribution in [1.82, 2.24) is 9.80 Å². The van der Waals surface area contributed by atoms with Crippen LogP contribution in [0.4, 0.5) is 0 Å². The first-order valence-electron chi connectivity index (χ1n) is 4.45. The standard InChI is InChI=1S/C9H21N3O/c1-8(7-13)11(3)5-6-12(4)9(2)10/h8,13H,2,5-7,10H2,1,3-4H3. The van der Waals surface area contributed by atoms with E-state index in [4.69, 9.17) is 10.8 Å². The van der Waals surface area contributed by atoms with Crippen LogP contribution in [-0.4, -0.2) is 54.7 Å². The molecule has 0 fully saturated rings.